The van der Waals surface area contributed by atoms with Crippen molar-refractivity contribution in [1.82, 2.24) is 5.32 Å². The number of benzene rings is 2. The van der Waals surface area contributed by atoms with Crippen LogP contribution in [0, 0.1) is 5.92 Å². The highest BCUT2D eigenvalue weighted by Crippen LogP contribution is 2.12. The highest BCUT2D eigenvalue weighted by Gasteiger charge is 2.26. The summed E-state index contributed by atoms with van der Waals surface area (Å²) in [6, 6.07) is 14.5. The van der Waals surface area contributed by atoms with E-state index in [0.29, 0.717) is 17.1 Å². The molecular formula is C22H25NO6. The van der Waals surface area contributed by atoms with Gasteiger partial charge in [0.15, 0.2) is 19.0 Å². The first-order chi connectivity index (χ1) is 13.9. The third-order valence-corrected chi connectivity index (χ3v) is 4.11. The Morgan fingerprint density at radius 2 is 1.55 bits per heavy atom. The number of carbonyl (C=O) groups excluding carboxylic acids is 3. The van der Waals surface area contributed by atoms with E-state index in [1.54, 1.807) is 62.4 Å². The third kappa shape index (κ3) is 6.95. The van der Waals surface area contributed by atoms with Crippen molar-refractivity contribution < 1.29 is 28.6 Å². The molecule has 0 aliphatic heterocycles. The van der Waals surface area contributed by atoms with Crippen molar-refractivity contribution in [3.63, 3.8) is 0 Å². The van der Waals surface area contributed by atoms with Crippen LogP contribution in [0.15, 0.2) is 54.6 Å². The van der Waals surface area contributed by atoms with Crippen LogP contribution in [-0.4, -0.2) is 44.0 Å². The molecule has 0 saturated carbocycles. The maximum atomic E-state index is 12.4. The molecular weight excluding hydrogens is 374 g/mol. The first kappa shape index (κ1) is 21.9. The van der Waals surface area contributed by atoms with Gasteiger partial charge in [0.25, 0.3) is 5.91 Å². The van der Waals surface area contributed by atoms with Gasteiger partial charge in [-0.1, -0.05) is 32.0 Å². The van der Waals surface area contributed by atoms with Gasteiger partial charge in [0.2, 0.25) is 0 Å². The largest absolute Gasteiger partial charge is 0.497 e. The molecule has 2 aromatic rings. The third-order valence-electron chi connectivity index (χ3n) is 4.11. The van der Waals surface area contributed by atoms with E-state index < -0.39 is 24.5 Å². The number of carbonyl (C=O) groups is 3. The lowest BCUT2D eigenvalue weighted by Crippen LogP contribution is -2.47. The molecule has 2 aromatic carbocycles. The maximum absolute atomic E-state index is 12.4. The molecule has 154 valence electrons. The molecule has 0 aromatic heterocycles. The number of para-hydroxylation sites is 1. The van der Waals surface area contributed by atoms with Crippen molar-refractivity contribution >= 4 is 17.7 Å². The first-order valence-corrected chi connectivity index (χ1v) is 9.21. The number of hydrogen-bond acceptors (Lipinski definition) is 6. The van der Waals surface area contributed by atoms with Crippen molar-refractivity contribution in [2.24, 2.45) is 5.92 Å². The summed E-state index contributed by atoms with van der Waals surface area (Å²) >= 11 is 0. The van der Waals surface area contributed by atoms with Gasteiger partial charge in [0, 0.05) is 5.56 Å². The predicted octanol–water partition coefficient (Wildman–Crippen LogP) is 2.64. The molecule has 0 aliphatic rings. The Balaban J connectivity index is 1.85. The highest BCUT2D eigenvalue weighted by molar-refractivity contribution is 5.98. The van der Waals surface area contributed by atoms with Crippen LogP contribution in [0.1, 0.15) is 24.2 Å². The summed E-state index contributed by atoms with van der Waals surface area (Å²) in [5.41, 5.74) is 0.403. The number of esters is 1. The Hall–Kier alpha value is -3.35. The maximum Gasteiger partial charge on any atom is 0.329 e. The second-order valence-electron chi connectivity index (χ2n) is 6.65. The van der Waals surface area contributed by atoms with Crippen LogP contribution in [0.5, 0.6) is 11.5 Å². The van der Waals surface area contributed by atoms with Crippen molar-refractivity contribution in [3.8, 4) is 11.5 Å². The molecule has 7 nitrogen and oxygen atoms in total. The molecule has 1 N–H and O–H groups in total. The highest BCUT2D eigenvalue weighted by atomic mass is 16.5. The summed E-state index contributed by atoms with van der Waals surface area (Å²) < 4.78 is 15.5. The lowest BCUT2D eigenvalue weighted by Gasteiger charge is -2.20. The second kappa shape index (κ2) is 10.8. The number of ether oxygens (including phenoxy) is 3. The Kier molecular flexibility index (Phi) is 8.21. The minimum atomic E-state index is -0.884. The fourth-order valence-corrected chi connectivity index (χ4v) is 2.47. The number of hydrogen-bond donors (Lipinski definition) is 1. The smallest absolute Gasteiger partial charge is 0.329 e. The van der Waals surface area contributed by atoms with Gasteiger partial charge in [-0.05, 0) is 42.3 Å². The average Bonchev–Trinajstić information content (AvgIpc) is 2.74. The van der Waals surface area contributed by atoms with Crippen LogP contribution in [0.2, 0.25) is 0 Å². The number of nitrogens with one attached hydrogen (secondary N) is 1. The normalized spacial score (nSPS) is 11.4. The number of ketones is 1. The summed E-state index contributed by atoms with van der Waals surface area (Å²) in [4.78, 5) is 36.7. The zero-order valence-electron chi connectivity index (χ0n) is 16.7. The van der Waals surface area contributed by atoms with Gasteiger partial charge in [-0.15, -0.1) is 0 Å². The van der Waals surface area contributed by atoms with Gasteiger partial charge in [-0.25, -0.2) is 4.79 Å². The Morgan fingerprint density at radius 3 is 2.14 bits per heavy atom. The van der Waals surface area contributed by atoms with Crippen molar-refractivity contribution in [1.29, 1.82) is 0 Å². The van der Waals surface area contributed by atoms with E-state index in [-0.39, 0.29) is 18.3 Å². The lowest BCUT2D eigenvalue weighted by molar-refractivity contribution is -0.148. The number of rotatable bonds is 10. The molecule has 29 heavy (non-hydrogen) atoms. The van der Waals surface area contributed by atoms with E-state index in [1.807, 2.05) is 6.07 Å². The van der Waals surface area contributed by atoms with Crippen LogP contribution < -0.4 is 14.8 Å². The fraction of sp³-hybridized carbons (Fsp3) is 0.318. The molecule has 0 spiro atoms. The van der Waals surface area contributed by atoms with E-state index >= 15 is 0 Å². The van der Waals surface area contributed by atoms with Crippen molar-refractivity contribution in [2.45, 2.75) is 19.9 Å². The van der Waals surface area contributed by atoms with Gasteiger partial charge < -0.3 is 19.5 Å². The second-order valence-corrected chi connectivity index (χ2v) is 6.65. The predicted molar refractivity (Wildman–Crippen MR) is 107 cm³/mol. The zero-order valence-corrected chi connectivity index (χ0v) is 16.7. The minimum absolute atomic E-state index is 0.223. The Morgan fingerprint density at radius 1 is 0.897 bits per heavy atom. The zero-order chi connectivity index (χ0) is 21.2. The van der Waals surface area contributed by atoms with Crippen LogP contribution in [0.4, 0.5) is 0 Å². The molecule has 0 saturated heterocycles. The summed E-state index contributed by atoms with van der Waals surface area (Å²) in [5.74, 6) is -0.516. The molecule has 7 heteroatoms. The summed E-state index contributed by atoms with van der Waals surface area (Å²) in [6.45, 7) is 2.90. The minimum Gasteiger partial charge on any atom is -0.497 e. The lowest BCUT2D eigenvalue weighted by atomic mass is 10.0. The molecule has 0 unspecified atom stereocenters. The summed E-state index contributed by atoms with van der Waals surface area (Å²) in [5, 5.41) is 2.60. The fourth-order valence-electron chi connectivity index (χ4n) is 2.47. The molecule has 2 rings (SSSR count). The van der Waals surface area contributed by atoms with Gasteiger partial charge >= 0.3 is 5.97 Å². The number of Topliss-reactive ketones (excluding diaryl/α,β-unsaturated/α-hetero) is 1. The van der Waals surface area contributed by atoms with E-state index in [9.17, 15) is 14.4 Å². The van der Waals surface area contributed by atoms with Gasteiger partial charge in [-0.2, -0.15) is 0 Å². The topological polar surface area (TPSA) is 90.9 Å². The molecule has 0 radical (unpaired) electrons. The molecule has 0 fully saturated rings. The summed E-state index contributed by atoms with van der Waals surface area (Å²) in [7, 11) is 1.53. The molecule has 1 amide bonds. The van der Waals surface area contributed by atoms with E-state index in [1.165, 1.54) is 7.11 Å². The first-order valence-electron chi connectivity index (χ1n) is 9.21. The number of methoxy groups -OCH3 is 1. The average molecular weight is 399 g/mol. The van der Waals surface area contributed by atoms with Gasteiger partial charge in [0.1, 0.15) is 17.5 Å². The quantitative estimate of drug-likeness (QED) is 0.488. The Bertz CT molecular complexity index is 817. The van der Waals surface area contributed by atoms with Gasteiger partial charge in [0.05, 0.1) is 7.11 Å². The van der Waals surface area contributed by atoms with E-state index in [4.69, 9.17) is 14.2 Å². The number of amides is 1. The Labute approximate surface area is 170 Å². The van der Waals surface area contributed by atoms with Crippen LogP contribution >= 0.6 is 0 Å². The molecule has 1 atom stereocenters. The summed E-state index contributed by atoms with van der Waals surface area (Å²) in [6.07, 6.45) is 0. The SMILES string of the molecule is COc1ccc(C(=O)COC(=O)[C@@H](NC(=O)COc2ccccc2)C(C)C)cc1. The molecule has 0 heterocycles. The molecule has 0 aliphatic carbocycles. The van der Waals surface area contributed by atoms with E-state index in [2.05, 4.69) is 5.32 Å². The van der Waals surface area contributed by atoms with Gasteiger partial charge in [-0.3, -0.25) is 9.59 Å². The van der Waals surface area contributed by atoms with Crippen molar-refractivity contribution in [2.75, 3.05) is 20.3 Å². The molecule has 0 bridgehead atoms. The standard InChI is InChI=1S/C22H25NO6/c1-15(2)21(23-20(25)14-28-18-7-5-4-6-8-18)22(26)29-13-19(24)16-9-11-17(27-3)12-10-16/h4-12,15,21H,13-14H2,1-3H3,(H,23,25)/t21-/m0/s1. The van der Waals surface area contributed by atoms with E-state index in [0.717, 1.165) is 0 Å². The monoisotopic (exact) mass is 399 g/mol. The van der Waals surface area contributed by atoms with Crippen LogP contribution in [-0.2, 0) is 14.3 Å². The van der Waals surface area contributed by atoms with Crippen LogP contribution in [0.3, 0.4) is 0 Å². The van der Waals surface area contributed by atoms with Crippen LogP contribution in [0.25, 0.3) is 0 Å². The van der Waals surface area contributed by atoms with Crippen molar-refractivity contribution in [3.05, 3.63) is 60.2 Å².